The lowest BCUT2D eigenvalue weighted by Gasteiger charge is -2.29. The Bertz CT molecular complexity index is 430. The van der Waals surface area contributed by atoms with Crippen molar-refractivity contribution in [2.45, 2.75) is 60.5 Å². The van der Waals surface area contributed by atoms with Gasteiger partial charge in [-0.3, -0.25) is 0 Å². The number of hydrogen-bond acceptors (Lipinski definition) is 4. The summed E-state index contributed by atoms with van der Waals surface area (Å²) in [5.41, 5.74) is 1.00. The van der Waals surface area contributed by atoms with Crippen molar-refractivity contribution in [2.24, 2.45) is 5.41 Å². The van der Waals surface area contributed by atoms with E-state index in [1.54, 1.807) is 0 Å². The third kappa shape index (κ3) is 4.92. The van der Waals surface area contributed by atoms with Crippen LogP contribution in [0.5, 0.6) is 0 Å². The van der Waals surface area contributed by atoms with Crippen LogP contribution in [-0.2, 0) is 11.2 Å². The Kier molecular flexibility index (Phi) is 7.07. The predicted molar refractivity (Wildman–Crippen MR) is 91.7 cm³/mol. The maximum atomic E-state index is 5.93. The molecule has 1 heterocycles. The quantitative estimate of drug-likeness (QED) is 0.764. The van der Waals surface area contributed by atoms with E-state index in [1.165, 1.54) is 0 Å². The van der Waals surface area contributed by atoms with E-state index in [9.17, 15) is 0 Å². The van der Waals surface area contributed by atoms with Crippen LogP contribution in [0, 0.1) is 5.41 Å². The molecule has 0 bridgehead atoms. The van der Waals surface area contributed by atoms with Gasteiger partial charge in [0.1, 0.15) is 11.9 Å². The van der Waals surface area contributed by atoms with Gasteiger partial charge in [0.15, 0.2) is 5.82 Å². The maximum Gasteiger partial charge on any atom is 0.160 e. The van der Waals surface area contributed by atoms with E-state index in [1.807, 2.05) is 6.92 Å². The van der Waals surface area contributed by atoms with Crippen molar-refractivity contribution in [1.29, 1.82) is 0 Å². The summed E-state index contributed by atoms with van der Waals surface area (Å²) in [4.78, 5) is 9.46. The number of halogens is 1. The summed E-state index contributed by atoms with van der Waals surface area (Å²) in [5.74, 6) is 1.63. The molecule has 1 rings (SSSR count). The lowest BCUT2D eigenvalue weighted by molar-refractivity contribution is -0.0191. The fourth-order valence-corrected chi connectivity index (χ4v) is 2.71. The second-order valence-electron chi connectivity index (χ2n) is 6.17. The van der Waals surface area contributed by atoms with Crippen molar-refractivity contribution in [3.05, 3.63) is 16.0 Å². The number of aromatic nitrogens is 2. The molecule has 1 unspecified atom stereocenters. The molecule has 1 N–H and O–H groups in total. The minimum absolute atomic E-state index is 0.0448. The van der Waals surface area contributed by atoms with Gasteiger partial charge >= 0.3 is 0 Å². The number of aryl methyl sites for hydroxylation is 1. The van der Waals surface area contributed by atoms with Gasteiger partial charge in [-0.1, -0.05) is 34.1 Å². The minimum Gasteiger partial charge on any atom is -0.370 e. The molecule has 0 saturated heterocycles. The Balaban J connectivity index is 3.32. The van der Waals surface area contributed by atoms with E-state index in [4.69, 9.17) is 14.7 Å². The molecular formula is C16H28BrN3O. The van der Waals surface area contributed by atoms with Crippen LogP contribution in [0.2, 0.25) is 0 Å². The van der Waals surface area contributed by atoms with Crippen LogP contribution in [0.15, 0.2) is 4.47 Å². The molecule has 0 spiro atoms. The largest absolute Gasteiger partial charge is 0.370 e. The van der Waals surface area contributed by atoms with Gasteiger partial charge in [-0.15, -0.1) is 0 Å². The lowest BCUT2D eigenvalue weighted by Crippen LogP contribution is -2.24. The highest BCUT2D eigenvalue weighted by Gasteiger charge is 2.30. The number of rotatable bonds is 7. The summed E-state index contributed by atoms with van der Waals surface area (Å²) in [7, 11) is 0. The Morgan fingerprint density at radius 1 is 1.19 bits per heavy atom. The molecule has 0 fully saturated rings. The van der Waals surface area contributed by atoms with E-state index in [0.717, 1.165) is 41.2 Å². The molecule has 0 saturated carbocycles. The first-order valence-electron chi connectivity index (χ1n) is 7.76. The predicted octanol–water partition coefficient (Wildman–Crippen LogP) is 4.75. The lowest BCUT2D eigenvalue weighted by atomic mass is 9.88. The Morgan fingerprint density at radius 3 is 2.33 bits per heavy atom. The zero-order valence-electron chi connectivity index (χ0n) is 14.1. The van der Waals surface area contributed by atoms with E-state index < -0.39 is 0 Å². The van der Waals surface area contributed by atoms with Gasteiger partial charge in [-0.2, -0.15) is 0 Å². The fourth-order valence-electron chi connectivity index (χ4n) is 2.20. The number of nitrogens with zero attached hydrogens (tertiary/aromatic N) is 2. The molecule has 0 amide bonds. The highest BCUT2D eigenvalue weighted by molar-refractivity contribution is 9.10. The van der Waals surface area contributed by atoms with Crippen LogP contribution >= 0.6 is 15.9 Å². The molecule has 0 aromatic carbocycles. The smallest absolute Gasteiger partial charge is 0.160 e. The average molecular weight is 358 g/mol. The second kappa shape index (κ2) is 8.08. The molecule has 0 aliphatic carbocycles. The zero-order chi connectivity index (χ0) is 16.0. The molecule has 1 atom stereocenters. The van der Waals surface area contributed by atoms with Crippen LogP contribution in [0.25, 0.3) is 0 Å². The highest BCUT2D eigenvalue weighted by Crippen LogP contribution is 2.36. The van der Waals surface area contributed by atoms with Crippen molar-refractivity contribution >= 4 is 21.7 Å². The van der Waals surface area contributed by atoms with Gasteiger partial charge in [-0.25, -0.2) is 9.97 Å². The monoisotopic (exact) mass is 357 g/mol. The molecule has 21 heavy (non-hydrogen) atoms. The van der Waals surface area contributed by atoms with Crippen molar-refractivity contribution in [1.82, 2.24) is 9.97 Å². The first-order valence-corrected chi connectivity index (χ1v) is 8.56. The average Bonchev–Trinajstić information content (AvgIpc) is 2.39. The zero-order valence-corrected chi connectivity index (χ0v) is 15.7. The van der Waals surface area contributed by atoms with Crippen LogP contribution in [0.4, 0.5) is 5.82 Å². The summed E-state index contributed by atoms with van der Waals surface area (Å²) >= 11 is 3.63. The topological polar surface area (TPSA) is 47.0 Å². The van der Waals surface area contributed by atoms with Crippen LogP contribution in [0.3, 0.4) is 0 Å². The summed E-state index contributed by atoms with van der Waals surface area (Å²) in [6.07, 6.45) is 1.87. The molecule has 5 heteroatoms. The number of nitrogens with one attached hydrogen (secondary N) is 1. The number of ether oxygens (including phenoxy) is 1. The van der Waals surface area contributed by atoms with Gasteiger partial charge in [0.2, 0.25) is 0 Å². The standard InChI is InChI=1S/C16H28BrN3O/c1-7-10-11-12(17)14(18-8-2)20-15(19-11)13(21-9-3)16(4,5)6/h13H,7-10H2,1-6H3,(H,18,19,20). The Labute approximate surface area is 137 Å². The fraction of sp³-hybridized carbons (Fsp3) is 0.750. The maximum absolute atomic E-state index is 5.93. The van der Waals surface area contributed by atoms with Gasteiger partial charge in [0, 0.05) is 13.2 Å². The van der Waals surface area contributed by atoms with Gasteiger partial charge < -0.3 is 10.1 Å². The van der Waals surface area contributed by atoms with E-state index in [2.05, 4.69) is 55.9 Å². The van der Waals surface area contributed by atoms with Crippen LogP contribution < -0.4 is 5.32 Å². The number of hydrogen-bond donors (Lipinski definition) is 1. The van der Waals surface area contributed by atoms with Crippen molar-refractivity contribution in [3.8, 4) is 0 Å². The molecule has 0 radical (unpaired) electrons. The number of anilines is 1. The summed E-state index contributed by atoms with van der Waals surface area (Å²) in [6.45, 7) is 14.2. The van der Waals surface area contributed by atoms with Crippen molar-refractivity contribution in [3.63, 3.8) is 0 Å². The van der Waals surface area contributed by atoms with E-state index in [-0.39, 0.29) is 11.5 Å². The van der Waals surface area contributed by atoms with E-state index in [0.29, 0.717) is 6.61 Å². The van der Waals surface area contributed by atoms with Gasteiger partial charge in [-0.05, 0) is 41.6 Å². The second-order valence-corrected chi connectivity index (χ2v) is 6.97. The van der Waals surface area contributed by atoms with Crippen LogP contribution in [0.1, 0.15) is 65.6 Å². The molecule has 4 nitrogen and oxygen atoms in total. The first-order chi connectivity index (χ1) is 9.85. The Morgan fingerprint density at radius 2 is 1.86 bits per heavy atom. The Hall–Kier alpha value is -0.680. The normalized spacial score (nSPS) is 13.3. The molecular weight excluding hydrogens is 330 g/mol. The molecule has 1 aromatic heterocycles. The SMILES string of the molecule is CCCc1nc(C(OCC)C(C)(C)C)nc(NCC)c1Br. The molecule has 1 aromatic rings. The summed E-state index contributed by atoms with van der Waals surface area (Å²) in [6, 6.07) is 0. The van der Waals surface area contributed by atoms with Crippen molar-refractivity contribution in [2.75, 3.05) is 18.5 Å². The summed E-state index contributed by atoms with van der Waals surface area (Å²) < 4.78 is 6.90. The van der Waals surface area contributed by atoms with E-state index >= 15 is 0 Å². The highest BCUT2D eigenvalue weighted by atomic mass is 79.9. The first kappa shape index (κ1) is 18.4. The molecule has 0 aliphatic heterocycles. The summed E-state index contributed by atoms with van der Waals surface area (Å²) in [5, 5.41) is 3.31. The van der Waals surface area contributed by atoms with Crippen molar-refractivity contribution < 1.29 is 4.74 Å². The van der Waals surface area contributed by atoms with Gasteiger partial charge in [0.05, 0.1) is 10.2 Å². The van der Waals surface area contributed by atoms with Gasteiger partial charge in [0.25, 0.3) is 0 Å². The van der Waals surface area contributed by atoms with Crippen LogP contribution in [-0.4, -0.2) is 23.1 Å². The third-order valence-electron chi connectivity index (χ3n) is 3.12. The third-order valence-corrected chi connectivity index (χ3v) is 3.96. The minimum atomic E-state index is -0.108. The molecule has 120 valence electrons. The molecule has 0 aliphatic rings.